The van der Waals surface area contributed by atoms with E-state index in [1.807, 2.05) is 11.3 Å². The van der Waals surface area contributed by atoms with Crippen molar-refractivity contribution in [1.82, 2.24) is 0 Å². The van der Waals surface area contributed by atoms with Gasteiger partial charge in [0.25, 0.3) is 0 Å². The van der Waals surface area contributed by atoms with Gasteiger partial charge in [-0.1, -0.05) is 200 Å². The smallest absolute Gasteiger partial charge is 0.0726 e. The number of hydrogen-bond acceptors (Lipinski definition) is 3. The Kier molecular flexibility index (Phi) is 9.45. The van der Waals surface area contributed by atoms with Crippen molar-refractivity contribution < 1.29 is 0 Å². The molecule has 0 fully saturated rings. The number of nitrogens with zero attached hydrogens (tertiary/aromatic N) is 2. The van der Waals surface area contributed by atoms with Gasteiger partial charge in [0.05, 0.1) is 16.8 Å². The van der Waals surface area contributed by atoms with Crippen molar-refractivity contribution >= 4 is 65.6 Å². The molecule has 13 aromatic rings. The Labute approximate surface area is 446 Å². The Bertz CT molecular complexity index is 4480. The summed E-state index contributed by atoms with van der Waals surface area (Å²) in [4.78, 5) is 4.92. The number of anilines is 6. The highest BCUT2D eigenvalue weighted by molar-refractivity contribution is 7.25. The van der Waals surface area contributed by atoms with Crippen LogP contribution in [-0.2, 0) is 5.41 Å². The molecule has 2 heterocycles. The van der Waals surface area contributed by atoms with E-state index in [2.05, 4.69) is 289 Å². The molecule has 1 unspecified atom stereocenters. The van der Waals surface area contributed by atoms with Crippen molar-refractivity contribution in [2.75, 3.05) is 9.80 Å². The third-order valence-corrected chi connectivity index (χ3v) is 17.6. The monoisotopic (exact) mass is 982 g/mol. The van der Waals surface area contributed by atoms with Crippen LogP contribution < -0.4 is 9.80 Å². The van der Waals surface area contributed by atoms with Crippen LogP contribution >= 0.6 is 11.3 Å². The number of hydrogen-bond donors (Lipinski definition) is 0. The molecule has 354 valence electrons. The van der Waals surface area contributed by atoms with E-state index in [9.17, 15) is 0 Å². The van der Waals surface area contributed by atoms with Gasteiger partial charge in [-0.05, 0) is 157 Å². The number of thiophene rings is 1. The Morgan fingerprint density at radius 3 is 1.45 bits per heavy atom. The van der Waals surface area contributed by atoms with Crippen molar-refractivity contribution in [3.63, 3.8) is 0 Å². The molecule has 0 radical (unpaired) electrons. The van der Waals surface area contributed by atoms with Gasteiger partial charge >= 0.3 is 0 Å². The third kappa shape index (κ3) is 6.21. The molecular formula is C73H46N2S. The molecule has 16 rings (SSSR count). The molecule has 3 heteroatoms. The summed E-state index contributed by atoms with van der Waals surface area (Å²) in [5.74, 6) is 0. The first kappa shape index (κ1) is 42.9. The minimum atomic E-state index is -0.669. The summed E-state index contributed by atoms with van der Waals surface area (Å²) in [5, 5.41) is 2.63. The summed E-state index contributed by atoms with van der Waals surface area (Å²) in [5.41, 5.74) is 25.9. The maximum atomic E-state index is 2.55. The second-order valence-electron chi connectivity index (χ2n) is 20.3. The van der Waals surface area contributed by atoms with E-state index >= 15 is 0 Å². The van der Waals surface area contributed by atoms with Crippen LogP contribution in [0.1, 0.15) is 22.3 Å². The molecule has 2 aliphatic carbocycles. The van der Waals surface area contributed by atoms with Crippen LogP contribution in [0.25, 0.3) is 86.9 Å². The number of rotatable bonds is 5. The fraction of sp³-hybridized carbons (Fsp3) is 0.0137. The lowest BCUT2D eigenvalue weighted by Crippen LogP contribution is -2.29. The molecule has 3 aliphatic rings. The van der Waals surface area contributed by atoms with Crippen LogP contribution in [0, 0.1) is 0 Å². The molecule has 1 atom stereocenters. The van der Waals surface area contributed by atoms with Crippen LogP contribution in [0.2, 0.25) is 0 Å². The second kappa shape index (κ2) is 16.7. The number of fused-ring (bicyclic) bond motifs is 20. The molecule has 76 heavy (non-hydrogen) atoms. The lowest BCUT2D eigenvalue weighted by molar-refractivity contribution is 0.776. The fourth-order valence-electron chi connectivity index (χ4n) is 13.2. The van der Waals surface area contributed by atoms with Crippen LogP contribution in [0.5, 0.6) is 0 Å². The fourth-order valence-corrected chi connectivity index (χ4v) is 14.3. The summed E-state index contributed by atoms with van der Waals surface area (Å²) in [7, 11) is 0. The Morgan fingerprint density at radius 2 is 0.750 bits per heavy atom. The molecule has 2 nitrogen and oxygen atoms in total. The Hall–Kier alpha value is -9.54. The maximum Gasteiger partial charge on any atom is 0.0726 e. The van der Waals surface area contributed by atoms with E-state index in [1.54, 1.807) is 0 Å². The highest BCUT2D eigenvalue weighted by Crippen LogP contribution is 2.63. The predicted molar refractivity (Wildman–Crippen MR) is 320 cm³/mol. The minimum Gasteiger partial charge on any atom is -0.310 e. The first-order valence-corrected chi connectivity index (χ1v) is 27.1. The van der Waals surface area contributed by atoms with E-state index in [-0.39, 0.29) is 0 Å². The first-order chi connectivity index (χ1) is 37.7. The summed E-state index contributed by atoms with van der Waals surface area (Å²) >= 11 is 1.90. The molecule has 1 aromatic heterocycles. The van der Waals surface area contributed by atoms with Crippen LogP contribution in [0.3, 0.4) is 0 Å². The minimum absolute atomic E-state index is 0.669. The molecule has 12 aromatic carbocycles. The Morgan fingerprint density at radius 1 is 0.276 bits per heavy atom. The standard InChI is InChI=1S/C73H46N2S/c1-3-19-47(20-4-1)48-35-37-50(38-36-48)74(51-39-41-55-59-27-11-16-32-69(59)75(49-21-5-2-6-22-49)70-33-17-12-28-60(70)62(55)43-51)52-40-42-58-54-24-8-7-23-53(54)56-25-9-14-30-65(56)73(67(58)44-52)66-31-15-10-26-57(66)63-45-64-61-29-13-18-34-71(61)76-72(64)46-68(63)73/h1-46H. The first-order valence-electron chi connectivity index (χ1n) is 26.2. The number of benzene rings is 12. The SMILES string of the molecule is c1ccc(-c2ccc(N(c3ccc4c(c3)-c3ccccc3N(c3ccccc3)c3ccccc3-4)c3ccc4c(c3)C3(c5ccccc5-c5ccccc5-4)c4ccccc4-c4cc5c(cc43)sc3ccccc35)cc2)cc1. The van der Waals surface area contributed by atoms with Crippen molar-refractivity contribution in [3.8, 4) is 66.8 Å². The van der Waals surface area contributed by atoms with Gasteiger partial charge in [-0.3, -0.25) is 0 Å². The average Bonchev–Trinajstić information content (AvgIpc) is 3.93. The quantitative estimate of drug-likeness (QED) is 0.170. The predicted octanol–water partition coefficient (Wildman–Crippen LogP) is 20.3. The molecule has 1 aliphatic heterocycles. The van der Waals surface area contributed by atoms with E-state index < -0.39 is 5.41 Å². The van der Waals surface area contributed by atoms with Crippen molar-refractivity contribution in [3.05, 3.63) is 301 Å². The maximum absolute atomic E-state index is 2.55. The lowest BCUT2D eigenvalue weighted by Gasteiger charge is -2.36. The zero-order valence-electron chi connectivity index (χ0n) is 41.4. The molecular weight excluding hydrogens is 937 g/mol. The van der Waals surface area contributed by atoms with Crippen LogP contribution in [-0.4, -0.2) is 0 Å². The molecule has 0 saturated carbocycles. The second-order valence-corrected chi connectivity index (χ2v) is 21.4. The molecule has 0 bridgehead atoms. The van der Waals surface area contributed by atoms with Gasteiger partial charge in [-0.2, -0.15) is 0 Å². The van der Waals surface area contributed by atoms with E-state index in [1.165, 1.54) is 109 Å². The zero-order valence-corrected chi connectivity index (χ0v) is 42.2. The lowest BCUT2D eigenvalue weighted by atomic mass is 9.65. The summed E-state index contributed by atoms with van der Waals surface area (Å²) < 4.78 is 2.62. The van der Waals surface area contributed by atoms with E-state index in [0.717, 1.165) is 34.1 Å². The van der Waals surface area contributed by atoms with Gasteiger partial charge < -0.3 is 9.80 Å². The highest BCUT2D eigenvalue weighted by atomic mass is 32.1. The van der Waals surface area contributed by atoms with E-state index in [0.29, 0.717) is 0 Å². The molecule has 1 spiro atoms. The molecule has 0 N–H and O–H groups in total. The van der Waals surface area contributed by atoms with Crippen molar-refractivity contribution in [2.24, 2.45) is 0 Å². The van der Waals surface area contributed by atoms with Gasteiger partial charge in [-0.15, -0.1) is 11.3 Å². The van der Waals surface area contributed by atoms with Crippen molar-refractivity contribution in [1.29, 1.82) is 0 Å². The van der Waals surface area contributed by atoms with Crippen LogP contribution in [0.4, 0.5) is 34.1 Å². The van der Waals surface area contributed by atoms with Gasteiger partial charge in [-0.25, -0.2) is 0 Å². The summed E-state index contributed by atoms with van der Waals surface area (Å²) in [6.07, 6.45) is 0. The third-order valence-electron chi connectivity index (χ3n) is 16.4. The highest BCUT2D eigenvalue weighted by Gasteiger charge is 2.50. The molecule has 0 saturated heterocycles. The number of para-hydroxylation sites is 3. The summed E-state index contributed by atoms with van der Waals surface area (Å²) in [6.45, 7) is 0. The van der Waals surface area contributed by atoms with Crippen LogP contribution in [0.15, 0.2) is 279 Å². The normalized spacial score (nSPS) is 14.3. The van der Waals surface area contributed by atoms with Crippen molar-refractivity contribution in [2.45, 2.75) is 5.41 Å². The molecule has 0 amide bonds. The Balaban J connectivity index is 0.986. The van der Waals surface area contributed by atoms with Gasteiger partial charge in [0.2, 0.25) is 0 Å². The topological polar surface area (TPSA) is 6.48 Å². The largest absolute Gasteiger partial charge is 0.310 e. The van der Waals surface area contributed by atoms with Gasteiger partial charge in [0.15, 0.2) is 0 Å². The van der Waals surface area contributed by atoms with Gasteiger partial charge in [0, 0.05) is 54.0 Å². The van der Waals surface area contributed by atoms with E-state index in [4.69, 9.17) is 0 Å². The zero-order chi connectivity index (χ0) is 49.9. The van der Waals surface area contributed by atoms with Gasteiger partial charge in [0.1, 0.15) is 0 Å². The summed E-state index contributed by atoms with van der Waals surface area (Å²) in [6, 6.07) is 104. The average molecular weight is 983 g/mol.